The van der Waals surface area contributed by atoms with Gasteiger partial charge in [-0.15, -0.1) is 0 Å². The highest BCUT2D eigenvalue weighted by molar-refractivity contribution is 6.06. The minimum atomic E-state index is -1.27. The van der Waals surface area contributed by atoms with Crippen LogP contribution in [0.5, 0.6) is 0 Å². The predicted molar refractivity (Wildman–Crippen MR) is 164 cm³/mol. The van der Waals surface area contributed by atoms with E-state index >= 15 is 0 Å². The second-order valence-electron chi connectivity index (χ2n) is 12.5. The van der Waals surface area contributed by atoms with Crippen LogP contribution in [0.25, 0.3) is 0 Å². The number of anilines is 2. The number of nitrogens with one attached hydrogen (secondary N) is 2. The van der Waals surface area contributed by atoms with Crippen LogP contribution in [0.2, 0.25) is 0 Å². The molecule has 1 aromatic heterocycles. The Morgan fingerprint density at radius 2 is 2.02 bits per heavy atom. The van der Waals surface area contributed by atoms with E-state index in [2.05, 4.69) is 63.6 Å². The Morgan fingerprint density at radius 3 is 2.70 bits per heavy atom. The van der Waals surface area contributed by atoms with Crippen molar-refractivity contribution in [1.29, 1.82) is 5.26 Å². The number of hydrogen-bond acceptors (Lipinski definition) is 9. The second-order valence-corrected chi connectivity index (χ2v) is 12.5. The molecule has 1 aromatic carbocycles. The summed E-state index contributed by atoms with van der Waals surface area (Å²) in [6.07, 6.45) is 8.24. The molecular formula is C33H37N7O4. The Bertz CT molecular complexity index is 1580. The number of fused-ring (bicyclic) bond motifs is 1. The molecule has 3 unspecified atom stereocenters. The number of pyridine rings is 1. The summed E-state index contributed by atoms with van der Waals surface area (Å²) in [6.45, 7) is 8.59. The van der Waals surface area contributed by atoms with E-state index in [9.17, 15) is 19.5 Å². The number of nitriles is 1. The number of piperazine rings is 1. The van der Waals surface area contributed by atoms with Crippen molar-refractivity contribution in [3.8, 4) is 6.07 Å². The number of aromatic nitrogens is 1. The van der Waals surface area contributed by atoms with Gasteiger partial charge in [-0.1, -0.05) is 24.3 Å². The predicted octanol–water partition coefficient (Wildman–Crippen LogP) is 2.72. The largest absolute Gasteiger partial charge is 0.384 e. The van der Waals surface area contributed by atoms with E-state index in [0.717, 1.165) is 38.4 Å². The molecule has 3 atom stereocenters. The third-order valence-corrected chi connectivity index (χ3v) is 9.11. The maximum atomic E-state index is 13.2. The quantitative estimate of drug-likeness (QED) is 0.412. The van der Waals surface area contributed by atoms with Gasteiger partial charge in [0.2, 0.25) is 11.8 Å². The van der Waals surface area contributed by atoms with Gasteiger partial charge >= 0.3 is 0 Å². The zero-order chi connectivity index (χ0) is 31.0. The summed E-state index contributed by atoms with van der Waals surface area (Å²) in [5.41, 5.74) is 3.28. The molecule has 228 valence electrons. The van der Waals surface area contributed by atoms with Crippen LogP contribution >= 0.6 is 0 Å². The van der Waals surface area contributed by atoms with Crippen LogP contribution in [0.4, 0.5) is 11.5 Å². The molecule has 0 radical (unpaired) electrons. The van der Waals surface area contributed by atoms with E-state index < -0.39 is 24.1 Å². The number of benzene rings is 1. The molecule has 6 rings (SSSR count). The molecule has 1 aliphatic carbocycles. The lowest BCUT2D eigenvalue weighted by Gasteiger charge is -2.48. The molecule has 2 aromatic rings. The monoisotopic (exact) mass is 595 g/mol. The number of hydrogen-bond donors (Lipinski definition) is 3. The lowest BCUT2D eigenvalue weighted by atomic mass is 9.93. The van der Waals surface area contributed by atoms with Crippen LogP contribution in [-0.2, 0) is 9.59 Å². The Kier molecular flexibility index (Phi) is 7.97. The smallest absolute Gasteiger partial charge is 0.257 e. The van der Waals surface area contributed by atoms with Crippen LogP contribution in [0.15, 0.2) is 60.3 Å². The minimum Gasteiger partial charge on any atom is -0.384 e. The molecule has 4 heterocycles. The van der Waals surface area contributed by atoms with Gasteiger partial charge in [-0.25, -0.2) is 4.98 Å². The molecule has 4 aliphatic rings. The summed E-state index contributed by atoms with van der Waals surface area (Å²) in [5.74, 6) is -0.198. The topological polar surface area (TPSA) is 142 Å². The lowest BCUT2D eigenvalue weighted by Crippen LogP contribution is -2.59. The number of aliphatic hydroxyl groups excluding tert-OH is 1. The fraction of sp³-hybridized carbons (Fsp3) is 0.424. The zero-order valence-corrected chi connectivity index (χ0v) is 25.0. The van der Waals surface area contributed by atoms with Gasteiger partial charge in [0, 0.05) is 67.7 Å². The first-order valence-corrected chi connectivity index (χ1v) is 15.1. The molecule has 11 heteroatoms. The fourth-order valence-corrected chi connectivity index (χ4v) is 6.59. The highest BCUT2D eigenvalue weighted by Gasteiger charge is 2.45. The Labute approximate surface area is 256 Å². The van der Waals surface area contributed by atoms with E-state index in [1.54, 1.807) is 18.3 Å². The van der Waals surface area contributed by atoms with Crippen molar-refractivity contribution in [2.45, 2.75) is 50.9 Å². The zero-order valence-electron chi connectivity index (χ0n) is 25.0. The number of piperidine rings is 1. The standard InChI is InChI=1S/C33H37N7O4/c1-33(2)20-38(27-12-10-23(16-34)18-36-27)14-15-39(33)19-22-8-6-21(7-9-22)17-35-25-5-3-4-24-29(25)32(44)40(31(24)43)26-11-13-28(41)37-30(26)42/h3-6,8-10,12,18,21,26,32,35,44H,7,11,13-15,17,19-20H2,1-2H3,(H,37,41,42). The molecule has 11 nitrogen and oxygen atoms in total. The van der Waals surface area contributed by atoms with Crippen LogP contribution in [0.3, 0.4) is 0 Å². The molecule has 0 spiro atoms. The van der Waals surface area contributed by atoms with Gasteiger partial charge in [-0.2, -0.15) is 5.26 Å². The molecule has 2 saturated heterocycles. The van der Waals surface area contributed by atoms with Gasteiger partial charge in [0.15, 0.2) is 6.23 Å². The molecule has 44 heavy (non-hydrogen) atoms. The van der Waals surface area contributed by atoms with E-state index in [1.807, 2.05) is 18.2 Å². The van der Waals surface area contributed by atoms with Crippen molar-refractivity contribution in [1.82, 2.24) is 20.1 Å². The molecule has 3 aliphatic heterocycles. The van der Waals surface area contributed by atoms with Gasteiger partial charge in [-0.3, -0.25) is 29.5 Å². The normalized spacial score (nSPS) is 24.9. The third kappa shape index (κ3) is 5.70. The van der Waals surface area contributed by atoms with Crippen LogP contribution < -0.4 is 15.5 Å². The molecule has 3 amide bonds. The van der Waals surface area contributed by atoms with Crippen molar-refractivity contribution in [3.05, 3.63) is 77.0 Å². The number of carbonyl (C=O) groups is 3. The van der Waals surface area contributed by atoms with Gasteiger partial charge in [0.05, 0.1) is 5.56 Å². The number of imide groups is 1. The molecule has 2 fully saturated rings. The summed E-state index contributed by atoms with van der Waals surface area (Å²) in [7, 11) is 0. The second kappa shape index (κ2) is 11.9. The number of carbonyl (C=O) groups excluding carboxylic acids is 3. The average molecular weight is 596 g/mol. The number of amides is 3. The SMILES string of the molecule is CC1(C)CN(c2ccc(C#N)cn2)CCN1CC1=CCC(CNc2cccc3c2C(O)N(C2CCC(=O)NC2=O)C3=O)C=C1. The fourth-order valence-electron chi connectivity index (χ4n) is 6.59. The van der Waals surface area contributed by atoms with Crippen molar-refractivity contribution < 1.29 is 19.5 Å². The number of rotatable bonds is 7. The summed E-state index contributed by atoms with van der Waals surface area (Å²) >= 11 is 0. The molecule has 0 bridgehead atoms. The molecule has 0 saturated carbocycles. The number of nitrogens with zero attached hydrogens (tertiary/aromatic N) is 5. The molecule has 3 N–H and O–H groups in total. The van der Waals surface area contributed by atoms with Crippen molar-refractivity contribution in [2.24, 2.45) is 5.92 Å². The summed E-state index contributed by atoms with van der Waals surface area (Å²) < 4.78 is 0. The van der Waals surface area contributed by atoms with E-state index in [-0.39, 0.29) is 30.2 Å². The first kappa shape index (κ1) is 29.5. The summed E-state index contributed by atoms with van der Waals surface area (Å²) in [4.78, 5) is 47.7. The maximum absolute atomic E-state index is 13.2. The number of aliphatic hydroxyl groups is 1. The first-order chi connectivity index (χ1) is 21.1. The summed E-state index contributed by atoms with van der Waals surface area (Å²) in [5, 5.41) is 25.9. The van der Waals surface area contributed by atoms with Crippen molar-refractivity contribution >= 4 is 29.2 Å². The van der Waals surface area contributed by atoms with Gasteiger partial charge in [0.1, 0.15) is 17.9 Å². The Balaban J connectivity index is 1.04. The minimum absolute atomic E-state index is 0.0609. The van der Waals surface area contributed by atoms with Crippen molar-refractivity contribution in [3.63, 3.8) is 0 Å². The van der Waals surface area contributed by atoms with Crippen molar-refractivity contribution in [2.75, 3.05) is 42.9 Å². The average Bonchev–Trinajstić information content (AvgIpc) is 3.27. The number of allylic oxidation sites excluding steroid dienone is 1. The molecular weight excluding hydrogens is 558 g/mol. The van der Waals surface area contributed by atoms with Gasteiger partial charge in [0.25, 0.3) is 5.91 Å². The van der Waals surface area contributed by atoms with Crippen LogP contribution in [-0.4, -0.2) is 81.9 Å². The van der Waals surface area contributed by atoms with Gasteiger partial charge in [-0.05, 0) is 62.4 Å². The van der Waals surface area contributed by atoms with E-state index in [0.29, 0.717) is 28.9 Å². The Morgan fingerprint density at radius 1 is 1.18 bits per heavy atom. The first-order valence-electron chi connectivity index (χ1n) is 15.1. The highest BCUT2D eigenvalue weighted by Crippen LogP contribution is 2.39. The maximum Gasteiger partial charge on any atom is 0.257 e. The Hall–Kier alpha value is -4.53. The van der Waals surface area contributed by atoms with Crippen LogP contribution in [0, 0.1) is 17.2 Å². The van der Waals surface area contributed by atoms with Gasteiger partial charge < -0.3 is 15.3 Å². The lowest BCUT2D eigenvalue weighted by molar-refractivity contribution is -0.139. The van der Waals surface area contributed by atoms with E-state index in [1.165, 1.54) is 10.5 Å². The highest BCUT2D eigenvalue weighted by atomic mass is 16.3. The van der Waals surface area contributed by atoms with E-state index in [4.69, 9.17) is 5.26 Å². The summed E-state index contributed by atoms with van der Waals surface area (Å²) in [6, 6.07) is 10.2. The third-order valence-electron chi connectivity index (χ3n) is 9.11. The van der Waals surface area contributed by atoms with Crippen LogP contribution in [0.1, 0.15) is 60.8 Å².